The zero-order chi connectivity index (χ0) is 24.5. The number of carboxylic acid groups (broad SMARTS) is 1. The summed E-state index contributed by atoms with van der Waals surface area (Å²) in [5.74, 6) is -1.94. The van der Waals surface area contributed by atoms with Gasteiger partial charge >= 0.3 is 5.97 Å². The maximum absolute atomic E-state index is 14.2. The van der Waals surface area contributed by atoms with Crippen molar-refractivity contribution in [2.24, 2.45) is 0 Å². The Morgan fingerprint density at radius 1 is 1.32 bits per heavy atom. The number of nitrogens with one attached hydrogen (secondary N) is 2. The van der Waals surface area contributed by atoms with Crippen molar-refractivity contribution >= 4 is 17.7 Å². The van der Waals surface area contributed by atoms with Crippen molar-refractivity contribution in [1.29, 1.82) is 5.26 Å². The van der Waals surface area contributed by atoms with Crippen LogP contribution >= 0.6 is 0 Å². The van der Waals surface area contributed by atoms with Crippen LogP contribution in [0.5, 0.6) is 0 Å². The number of carboxylic acids is 1. The van der Waals surface area contributed by atoms with Gasteiger partial charge in [0.1, 0.15) is 17.7 Å². The third kappa shape index (κ3) is 6.75. The quantitative estimate of drug-likeness (QED) is 0.432. The van der Waals surface area contributed by atoms with Gasteiger partial charge < -0.3 is 20.5 Å². The van der Waals surface area contributed by atoms with Crippen LogP contribution in [0.25, 0.3) is 0 Å². The number of rotatable bonds is 11. The van der Waals surface area contributed by atoms with Crippen molar-refractivity contribution in [3.63, 3.8) is 0 Å². The molecule has 1 amide bonds. The van der Waals surface area contributed by atoms with Gasteiger partial charge in [-0.2, -0.15) is 5.26 Å². The highest BCUT2D eigenvalue weighted by molar-refractivity contribution is 5.98. The monoisotopic (exact) mass is 468 g/mol. The van der Waals surface area contributed by atoms with Gasteiger partial charge in [-0.25, -0.2) is 14.2 Å². The molecule has 2 heterocycles. The summed E-state index contributed by atoms with van der Waals surface area (Å²) in [5, 5.41) is 24.0. The average molecular weight is 469 g/mol. The highest BCUT2D eigenvalue weighted by atomic mass is 19.1. The molecule has 0 bridgehead atoms. The number of benzene rings is 1. The fourth-order valence-electron chi connectivity index (χ4n) is 3.91. The fourth-order valence-corrected chi connectivity index (χ4v) is 3.91. The molecule has 9 heteroatoms. The molecule has 3 N–H and O–H groups in total. The number of aryl methyl sites for hydroxylation is 3. The predicted octanol–water partition coefficient (Wildman–Crippen LogP) is 3.37. The largest absolute Gasteiger partial charge is 0.480 e. The van der Waals surface area contributed by atoms with E-state index in [9.17, 15) is 19.1 Å². The van der Waals surface area contributed by atoms with Crippen molar-refractivity contribution in [3.05, 3.63) is 58.0 Å². The van der Waals surface area contributed by atoms with Gasteiger partial charge in [-0.15, -0.1) is 0 Å². The summed E-state index contributed by atoms with van der Waals surface area (Å²) >= 11 is 0. The molecule has 0 aliphatic carbocycles. The molecule has 0 saturated heterocycles. The number of nitriles is 1. The van der Waals surface area contributed by atoms with E-state index < -0.39 is 23.7 Å². The molecule has 8 nitrogen and oxygen atoms in total. The Morgan fingerprint density at radius 2 is 2.15 bits per heavy atom. The molecule has 0 fully saturated rings. The van der Waals surface area contributed by atoms with Crippen LogP contribution in [0, 0.1) is 24.1 Å². The lowest BCUT2D eigenvalue weighted by Crippen LogP contribution is -2.42. The van der Waals surface area contributed by atoms with Crippen LogP contribution in [0.4, 0.5) is 10.2 Å². The van der Waals surface area contributed by atoms with Crippen LogP contribution in [0.2, 0.25) is 0 Å². The summed E-state index contributed by atoms with van der Waals surface area (Å²) < 4.78 is 19.8. The molecule has 0 radical (unpaired) electrons. The van der Waals surface area contributed by atoms with E-state index in [4.69, 9.17) is 10.00 Å². The number of anilines is 1. The first-order chi connectivity index (χ1) is 16.4. The highest BCUT2D eigenvalue weighted by Gasteiger charge is 2.23. The third-order valence-corrected chi connectivity index (χ3v) is 5.72. The van der Waals surface area contributed by atoms with Gasteiger partial charge in [0.05, 0.1) is 17.2 Å². The van der Waals surface area contributed by atoms with Crippen LogP contribution in [-0.2, 0) is 22.4 Å². The maximum Gasteiger partial charge on any atom is 0.326 e. The van der Waals surface area contributed by atoms with Gasteiger partial charge in [0.25, 0.3) is 5.91 Å². The van der Waals surface area contributed by atoms with Gasteiger partial charge in [0, 0.05) is 31.9 Å². The molecule has 0 spiro atoms. The number of carbonyl (C=O) groups excluding carboxylic acids is 1. The number of aromatic nitrogens is 1. The Labute approximate surface area is 198 Å². The van der Waals surface area contributed by atoms with Crippen molar-refractivity contribution in [2.45, 2.75) is 51.5 Å². The van der Waals surface area contributed by atoms with Gasteiger partial charge in [0.2, 0.25) is 0 Å². The molecule has 0 unspecified atom stereocenters. The van der Waals surface area contributed by atoms with E-state index in [0.717, 1.165) is 56.2 Å². The zero-order valence-corrected chi connectivity index (χ0v) is 19.2. The van der Waals surface area contributed by atoms with E-state index in [0.29, 0.717) is 6.61 Å². The van der Waals surface area contributed by atoms with E-state index in [2.05, 4.69) is 27.8 Å². The van der Waals surface area contributed by atoms with Crippen molar-refractivity contribution < 1.29 is 23.8 Å². The molecule has 180 valence electrons. The lowest BCUT2D eigenvalue weighted by molar-refractivity contribution is -0.139. The van der Waals surface area contributed by atoms with Gasteiger partial charge in [0.15, 0.2) is 0 Å². The summed E-state index contributed by atoms with van der Waals surface area (Å²) in [5.41, 5.74) is 2.38. The smallest absolute Gasteiger partial charge is 0.326 e. The first-order valence-corrected chi connectivity index (χ1v) is 11.4. The molecule has 1 aromatic heterocycles. The number of fused-ring (bicyclic) bond motifs is 1. The SMILES string of the molecule is Cc1cc(C#N)cc(F)c1C(=O)N[C@H](CCOCCCCc1ccc2c(n1)NCCC2)C(=O)O. The lowest BCUT2D eigenvalue weighted by Gasteiger charge is -2.17. The molecule has 3 rings (SSSR count). The Balaban J connectivity index is 1.39. The van der Waals surface area contributed by atoms with Crippen LogP contribution in [0.15, 0.2) is 24.3 Å². The highest BCUT2D eigenvalue weighted by Crippen LogP contribution is 2.20. The lowest BCUT2D eigenvalue weighted by atomic mass is 10.0. The summed E-state index contributed by atoms with van der Waals surface area (Å²) in [6.07, 6.45) is 4.76. The minimum absolute atomic E-state index is 0.0517. The van der Waals surface area contributed by atoms with Crippen LogP contribution in [0.3, 0.4) is 0 Å². The minimum Gasteiger partial charge on any atom is -0.480 e. The van der Waals surface area contributed by atoms with Gasteiger partial charge in [-0.1, -0.05) is 6.07 Å². The number of amides is 1. The van der Waals surface area contributed by atoms with Crippen molar-refractivity contribution in [1.82, 2.24) is 10.3 Å². The van der Waals surface area contributed by atoms with Crippen molar-refractivity contribution in [3.8, 4) is 6.07 Å². The number of aliphatic carboxylic acids is 1. The van der Waals surface area contributed by atoms with Crippen LogP contribution < -0.4 is 10.6 Å². The summed E-state index contributed by atoms with van der Waals surface area (Å²) in [4.78, 5) is 28.7. The second kappa shape index (κ2) is 12.1. The number of hydrogen-bond donors (Lipinski definition) is 3. The van der Waals surface area contributed by atoms with Crippen LogP contribution in [-0.4, -0.2) is 47.8 Å². The maximum atomic E-state index is 14.2. The van der Waals surface area contributed by atoms with E-state index in [1.54, 1.807) is 0 Å². The molecule has 2 aromatic rings. The number of halogens is 1. The first kappa shape index (κ1) is 25.1. The fraction of sp³-hybridized carbons (Fsp3) is 0.440. The predicted molar refractivity (Wildman–Crippen MR) is 124 cm³/mol. The van der Waals surface area contributed by atoms with E-state index in [1.807, 2.05) is 6.07 Å². The molecule has 1 aliphatic heterocycles. The van der Waals surface area contributed by atoms with Crippen molar-refractivity contribution in [2.75, 3.05) is 25.1 Å². The number of ether oxygens (including phenoxy) is 1. The number of nitrogens with zero attached hydrogens (tertiary/aromatic N) is 2. The van der Waals surface area contributed by atoms with Gasteiger partial charge in [-0.05, 0) is 68.4 Å². The van der Waals surface area contributed by atoms with Gasteiger partial charge in [-0.3, -0.25) is 4.79 Å². The van der Waals surface area contributed by atoms with E-state index in [1.165, 1.54) is 18.6 Å². The molecular formula is C25H29FN4O4. The summed E-state index contributed by atoms with van der Waals surface area (Å²) in [7, 11) is 0. The number of unbranched alkanes of at least 4 members (excludes halogenated alkanes) is 1. The molecule has 1 atom stereocenters. The van der Waals surface area contributed by atoms with E-state index >= 15 is 0 Å². The Morgan fingerprint density at radius 3 is 2.88 bits per heavy atom. The minimum atomic E-state index is -1.23. The first-order valence-electron chi connectivity index (χ1n) is 11.4. The standard InChI is InChI=1S/C25H29FN4O4/c1-16-13-17(15-27)14-20(26)22(16)24(31)30-21(25(32)33)9-12-34-11-3-2-6-19-8-7-18-5-4-10-28-23(18)29-19/h7-8,13-14,21H,2-6,9-12H2,1H3,(H,28,29)(H,30,31)(H,32,33)/t21-/m1/s1. The number of carbonyl (C=O) groups is 2. The average Bonchev–Trinajstić information content (AvgIpc) is 2.81. The molecule has 1 aliphatic rings. The second-order valence-corrected chi connectivity index (χ2v) is 8.32. The molecule has 1 aromatic carbocycles. The number of pyridine rings is 1. The molecule has 34 heavy (non-hydrogen) atoms. The Hall–Kier alpha value is -3.51. The topological polar surface area (TPSA) is 124 Å². The number of hydrogen-bond acceptors (Lipinski definition) is 6. The zero-order valence-electron chi connectivity index (χ0n) is 19.2. The summed E-state index contributed by atoms with van der Waals surface area (Å²) in [6.45, 7) is 3.06. The molecule has 0 saturated carbocycles. The van der Waals surface area contributed by atoms with E-state index in [-0.39, 0.29) is 29.7 Å². The Bertz CT molecular complexity index is 1060. The molecular weight excluding hydrogens is 439 g/mol. The summed E-state index contributed by atoms with van der Waals surface area (Å²) in [6, 6.07) is 7.13. The Kier molecular flexibility index (Phi) is 8.93. The second-order valence-electron chi connectivity index (χ2n) is 8.32. The third-order valence-electron chi connectivity index (χ3n) is 5.72. The normalized spacial score (nSPS) is 13.3. The van der Waals surface area contributed by atoms with Crippen LogP contribution in [0.1, 0.15) is 58.4 Å².